The average Bonchev–Trinajstić information content (AvgIpc) is 2.50. The summed E-state index contributed by atoms with van der Waals surface area (Å²) in [5.41, 5.74) is -1.05. The highest BCUT2D eigenvalue weighted by Crippen LogP contribution is 2.26. The lowest BCUT2D eigenvalue weighted by Gasteiger charge is -2.10. The Hall–Kier alpha value is -1.72. The summed E-state index contributed by atoms with van der Waals surface area (Å²) in [6, 6.07) is 0.668. The molecule has 0 aliphatic rings. The van der Waals surface area contributed by atoms with Gasteiger partial charge in [-0.25, -0.2) is 13.6 Å². The highest BCUT2D eigenvalue weighted by molar-refractivity contribution is 5.90. The Morgan fingerprint density at radius 1 is 1.05 bits per heavy atom. The van der Waals surface area contributed by atoms with Crippen LogP contribution >= 0.6 is 0 Å². The maximum atomic E-state index is 13.7. The zero-order chi connectivity index (χ0) is 16.5. The van der Waals surface area contributed by atoms with Crippen LogP contribution in [0, 0.1) is 17.5 Å². The maximum Gasteiger partial charge on any atom is 0.343 e. The Morgan fingerprint density at radius 2 is 1.68 bits per heavy atom. The van der Waals surface area contributed by atoms with Gasteiger partial charge in [-0.1, -0.05) is 39.0 Å². The summed E-state index contributed by atoms with van der Waals surface area (Å²) in [5, 5.41) is 0. The smallest absolute Gasteiger partial charge is 0.343 e. The van der Waals surface area contributed by atoms with Crippen molar-refractivity contribution < 1.29 is 27.4 Å². The second-order valence-corrected chi connectivity index (χ2v) is 4.97. The third-order valence-electron chi connectivity index (χ3n) is 3.27. The lowest BCUT2D eigenvalue weighted by Crippen LogP contribution is -2.11. The Morgan fingerprint density at radius 3 is 2.32 bits per heavy atom. The van der Waals surface area contributed by atoms with Gasteiger partial charge in [-0.3, -0.25) is 0 Å². The van der Waals surface area contributed by atoms with Crippen molar-refractivity contribution in [2.24, 2.45) is 0 Å². The maximum absolute atomic E-state index is 13.7. The Bertz CT molecular complexity index is 504. The fourth-order valence-corrected chi connectivity index (χ4v) is 2.03. The molecule has 0 aromatic heterocycles. The molecule has 0 atom stereocenters. The van der Waals surface area contributed by atoms with Crippen LogP contribution in [-0.4, -0.2) is 19.7 Å². The van der Waals surface area contributed by atoms with Crippen LogP contribution in [0.2, 0.25) is 0 Å². The number of methoxy groups -OCH3 is 1. The summed E-state index contributed by atoms with van der Waals surface area (Å²) in [6.07, 6.45) is 6.07. The molecule has 1 rings (SSSR count). The number of rotatable bonds is 9. The number of hydrogen-bond acceptors (Lipinski definition) is 3. The van der Waals surface area contributed by atoms with Crippen LogP contribution in [0.3, 0.4) is 0 Å². The van der Waals surface area contributed by atoms with Gasteiger partial charge in [-0.15, -0.1) is 0 Å². The zero-order valence-corrected chi connectivity index (χ0v) is 12.9. The van der Waals surface area contributed by atoms with Gasteiger partial charge in [-0.05, 0) is 6.42 Å². The number of carbonyl (C=O) groups excluding carboxylic acids is 1. The van der Waals surface area contributed by atoms with E-state index in [-0.39, 0.29) is 6.61 Å². The third kappa shape index (κ3) is 4.93. The highest BCUT2D eigenvalue weighted by atomic mass is 19.2. The molecule has 0 unspecified atom stereocenters. The molecule has 0 aliphatic carbocycles. The minimum Gasteiger partial charge on any atom is -0.490 e. The molecule has 0 amide bonds. The molecule has 124 valence electrons. The third-order valence-corrected chi connectivity index (χ3v) is 3.27. The molecule has 0 heterocycles. The van der Waals surface area contributed by atoms with Crippen LogP contribution in [0.1, 0.15) is 55.8 Å². The Kier molecular flexibility index (Phi) is 7.77. The summed E-state index contributed by atoms with van der Waals surface area (Å²) in [7, 11) is 0.960. The van der Waals surface area contributed by atoms with Gasteiger partial charge in [0.25, 0.3) is 0 Å². The summed E-state index contributed by atoms with van der Waals surface area (Å²) in [6.45, 7) is 2.28. The van der Waals surface area contributed by atoms with Gasteiger partial charge in [0.05, 0.1) is 13.7 Å². The van der Waals surface area contributed by atoms with Crippen molar-refractivity contribution in [3.63, 3.8) is 0 Å². The Balaban J connectivity index is 2.60. The quantitative estimate of drug-likeness (QED) is 0.378. The van der Waals surface area contributed by atoms with E-state index in [1.54, 1.807) is 0 Å². The van der Waals surface area contributed by atoms with Crippen molar-refractivity contribution in [3.8, 4) is 5.75 Å². The molecule has 0 bridgehead atoms. The van der Waals surface area contributed by atoms with Crippen LogP contribution in [0.25, 0.3) is 0 Å². The van der Waals surface area contributed by atoms with E-state index in [4.69, 9.17) is 4.74 Å². The van der Waals surface area contributed by atoms with Crippen molar-refractivity contribution in [2.45, 2.75) is 45.4 Å². The topological polar surface area (TPSA) is 35.5 Å². The van der Waals surface area contributed by atoms with E-state index in [0.29, 0.717) is 12.5 Å². The highest BCUT2D eigenvalue weighted by Gasteiger charge is 2.25. The summed E-state index contributed by atoms with van der Waals surface area (Å²) in [4.78, 5) is 11.2. The monoisotopic (exact) mass is 318 g/mol. The molecule has 0 aliphatic heterocycles. The molecule has 0 fully saturated rings. The van der Waals surface area contributed by atoms with E-state index in [0.717, 1.165) is 32.8 Å². The lowest BCUT2D eigenvalue weighted by molar-refractivity contribution is 0.0588. The van der Waals surface area contributed by atoms with Gasteiger partial charge in [-0.2, -0.15) is 4.39 Å². The molecule has 1 aromatic carbocycles. The van der Waals surface area contributed by atoms with Gasteiger partial charge in [0, 0.05) is 6.07 Å². The molecular weight excluding hydrogens is 297 g/mol. The molecule has 0 N–H and O–H groups in total. The van der Waals surface area contributed by atoms with Crippen LogP contribution in [0.4, 0.5) is 13.2 Å². The average molecular weight is 318 g/mol. The number of benzene rings is 1. The second-order valence-electron chi connectivity index (χ2n) is 4.97. The predicted molar refractivity (Wildman–Crippen MR) is 76.5 cm³/mol. The number of ether oxygens (including phenoxy) is 2. The van der Waals surface area contributed by atoms with Gasteiger partial charge in [0.2, 0.25) is 5.82 Å². The van der Waals surface area contributed by atoms with Crippen LogP contribution in [0.15, 0.2) is 6.07 Å². The van der Waals surface area contributed by atoms with Crippen LogP contribution in [-0.2, 0) is 4.74 Å². The zero-order valence-electron chi connectivity index (χ0n) is 12.9. The van der Waals surface area contributed by atoms with E-state index in [2.05, 4.69) is 11.7 Å². The van der Waals surface area contributed by atoms with E-state index < -0.39 is 34.7 Å². The van der Waals surface area contributed by atoms with E-state index in [1.165, 1.54) is 6.42 Å². The first kappa shape index (κ1) is 18.3. The van der Waals surface area contributed by atoms with E-state index in [1.807, 2.05) is 0 Å². The van der Waals surface area contributed by atoms with Crippen molar-refractivity contribution in [3.05, 3.63) is 29.1 Å². The lowest BCUT2D eigenvalue weighted by atomic mass is 10.1. The molecule has 0 saturated carbocycles. The normalized spacial score (nSPS) is 10.6. The standard InChI is InChI=1S/C16H21F3O3/c1-3-4-5-6-7-8-9-22-12-10-11(17)13(16(20)21-2)15(19)14(12)18/h10H,3-9H2,1-2H3. The van der Waals surface area contributed by atoms with Crippen LogP contribution in [0.5, 0.6) is 5.75 Å². The fourth-order valence-electron chi connectivity index (χ4n) is 2.03. The number of unbranched alkanes of at least 4 members (excludes halogenated alkanes) is 5. The van der Waals surface area contributed by atoms with Gasteiger partial charge >= 0.3 is 5.97 Å². The first-order chi connectivity index (χ1) is 10.5. The minimum absolute atomic E-state index is 0.166. The molecule has 1 aromatic rings. The van der Waals surface area contributed by atoms with Gasteiger partial charge < -0.3 is 9.47 Å². The SMILES string of the molecule is CCCCCCCCOc1cc(F)c(C(=O)OC)c(F)c1F. The van der Waals surface area contributed by atoms with Crippen molar-refractivity contribution in [2.75, 3.05) is 13.7 Å². The number of hydrogen-bond donors (Lipinski definition) is 0. The molecule has 0 radical (unpaired) electrons. The Labute approximate surface area is 128 Å². The second kappa shape index (κ2) is 9.33. The minimum atomic E-state index is -1.59. The first-order valence-corrected chi connectivity index (χ1v) is 7.41. The summed E-state index contributed by atoms with van der Waals surface area (Å²) in [5.74, 6) is -5.98. The molecule has 3 nitrogen and oxygen atoms in total. The number of carbonyl (C=O) groups is 1. The van der Waals surface area contributed by atoms with Crippen molar-refractivity contribution >= 4 is 5.97 Å². The summed E-state index contributed by atoms with van der Waals surface area (Å²) < 4.78 is 50.4. The van der Waals surface area contributed by atoms with Crippen molar-refractivity contribution in [1.29, 1.82) is 0 Å². The molecular formula is C16H21F3O3. The van der Waals surface area contributed by atoms with Crippen molar-refractivity contribution in [1.82, 2.24) is 0 Å². The van der Waals surface area contributed by atoms with E-state index in [9.17, 15) is 18.0 Å². The van der Waals surface area contributed by atoms with Crippen LogP contribution < -0.4 is 4.74 Å². The van der Waals surface area contributed by atoms with Gasteiger partial charge in [0.1, 0.15) is 11.4 Å². The predicted octanol–water partition coefficient (Wildman–Crippen LogP) is 4.63. The molecule has 0 spiro atoms. The fraction of sp³-hybridized carbons (Fsp3) is 0.562. The largest absolute Gasteiger partial charge is 0.490 e. The van der Waals surface area contributed by atoms with Gasteiger partial charge in [0.15, 0.2) is 11.6 Å². The summed E-state index contributed by atoms with van der Waals surface area (Å²) >= 11 is 0. The number of esters is 1. The number of halogens is 3. The molecule has 0 saturated heterocycles. The van der Waals surface area contributed by atoms with E-state index >= 15 is 0 Å². The molecule has 6 heteroatoms. The molecule has 22 heavy (non-hydrogen) atoms. The first-order valence-electron chi connectivity index (χ1n) is 7.41.